The minimum Gasteiger partial charge on any atom is -0.496 e. The van der Waals surface area contributed by atoms with Crippen molar-refractivity contribution in [3.05, 3.63) is 29.8 Å². The third-order valence-electron chi connectivity index (χ3n) is 2.70. The van der Waals surface area contributed by atoms with Crippen molar-refractivity contribution in [3.8, 4) is 5.75 Å². The van der Waals surface area contributed by atoms with Crippen LogP contribution in [0.3, 0.4) is 0 Å². The minimum absolute atomic E-state index is 0.00685. The molecule has 3 heteroatoms. The first kappa shape index (κ1) is 15.4. The van der Waals surface area contributed by atoms with E-state index >= 15 is 0 Å². The average Bonchev–Trinajstić information content (AvgIpc) is 2.26. The molecule has 0 saturated carbocycles. The molecule has 19 heavy (non-hydrogen) atoms. The van der Waals surface area contributed by atoms with Gasteiger partial charge in [-0.15, -0.1) is 0 Å². The predicted molar refractivity (Wildman–Crippen MR) is 75.4 cm³/mol. The van der Waals surface area contributed by atoms with Gasteiger partial charge in [-0.3, -0.25) is 9.59 Å². The smallest absolute Gasteiger partial charge is 0.144 e. The lowest BCUT2D eigenvalue weighted by Gasteiger charge is -2.16. The van der Waals surface area contributed by atoms with Crippen LogP contribution in [0.15, 0.2) is 24.3 Å². The van der Waals surface area contributed by atoms with Gasteiger partial charge in [0, 0.05) is 18.4 Å². The molecule has 0 radical (unpaired) electrons. The first-order valence-corrected chi connectivity index (χ1v) is 6.47. The quantitative estimate of drug-likeness (QED) is 0.739. The molecule has 0 atom stereocenters. The molecule has 1 rings (SSSR count). The van der Waals surface area contributed by atoms with Crippen LogP contribution in [0.4, 0.5) is 0 Å². The summed E-state index contributed by atoms with van der Waals surface area (Å²) in [4.78, 5) is 23.7. The van der Waals surface area contributed by atoms with Crippen LogP contribution in [-0.4, -0.2) is 18.7 Å². The topological polar surface area (TPSA) is 43.4 Å². The summed E-state index contributed by atoms with van der Waals surface area (Å²) in [5.74, 6) is 0.644. The molecule has 0 amide bonds. The van der Waals surface area contributed by atoms with Crippen LogP contribution in [0.1, 0.15) is 39.2 Å². The Morgan fingerprint density at radius 3 is 2.32 bits per heavy atom. The summed E-state index contributed by atoms with van der Waals surface area (Å²) in [7, 11) is 1.58. The fraction of sp³-hybridized carbons (Fsp3) is 0.500. The van der Waals surface area contributed by atoms with E-state index < -0.39 is 0 Å². The van der Waals surface area contributed by atoms with Crippen molar-refractivity contribution in [1.82, 2.24) is 0 Å². The Kier molecular flexibility index (Phi) is 5.28. The highest BCUT2D eigenvalue weighted by atomic mass is 16.5. The molecule has 0 spiro atoms. The molecule has 0 N–H and O–H groups in total. The van der Waals surface area contributed by atoms with Gasteiger partial charge in [0.1, 0.15) is 17.3 Å². The second-order valence-electron chi connectivity index (χ2n) is 5.98. The lowest BCUT2D eigenvalue weighted by atomic mass is 9.88. The number of hydrogen-bond acceptors (Lipinski definition) is 3. The molecule has 0 unspecified atom stereocenters. The number of ketones is 2. The average molecular weight is 262 g/mol. The van der Waals surface area contributed by atoms with Crippen LogP contribution in [0.2, 0.25) is 0 Å². The van der Waals surface area contributed by atoms with Gasteiger partial charge in [0.15, 0.2) is 0 Å². The van der Waals surface area contributed by atoms with Crippen molar-refractivity contribution in [2.24, 2.45) is 5.41 Å². The highest BCUT2D eigenvalue weighted by Gasteiger charge is 2.19. The fourth-order valence-corrected chi connectivity index (χ4v) is 2.00. The summed E-state index contributed by atoms with van der Waals surface area (Å²) in [5, 5.41) is 0. The molecule has 0 aliphatic rings. The van der Waals surface area contributed by atoms with E-state index in [1.165, 1.54) is 0 Å². The number of benzene rings is 1. The highest BCUT2D eigenvalue weighted by Crippen LogP contribution is 2.21. The zero-order chi connectivity index (χ0) is 14.5. The number of Topliss-reactive ketones (excluding diaryl/α,β-unsaturated/α-hetero) is 2. The van der Waals surface area contributed by atoms with Crippen LogP contribution >= 0.6 is 0 Å². The van der Waals surface area contributed by atoms with Crippen molar-refractivity contribution in [2.45, 2.75) is 40.0 Å². The zero-order valence-corrected chi connectivity index (χ0v) is 12.2. The third-order valence-corrected chi connectivity index (χ3v) is 2.70. The number of hydrogen-bond donors (Lipinski definition) is 0. The summed E-state index contributed by atoms with van der Waals surface area (Å²) >= 11 is 0. The van der Waals surface area contributed by atoms with Gasteiger partial charge in [0.05, 0.1) is 13.5 Å². The van der Waals surface area contributed by atoms with E-state index in [2.05, 4.69) is 0 Å². The second kappa shape index (κ2) is 6.50. The van der Waals surface area contributed by atoms with Crippen molar-refractivity contribution in [2.75, 3.05) is 7.11 Å². The summed E-state index contributed by atoms with van der Waals surface area (Å²) in [6.45, 7) is 5.99. The van der Waals surface area contributed by atoms with Gasteiger partial charge in [0.25, 0.3) is 0 Å². The van der Waals surface area contributed by atoms with Crippen molar-refractivity contribution >= 4 is 11.6 Å². The Balaban J connectivity index is 2.58. The van der Waals surface area contributed by atoms with Gasteiger partial charge in [-0.1, -0.05) is 39.0 Å². The number of methoxy groups -OCH3 is 1. The van der Waals surface area contributed by atoms with E-state index in [-0.39, 0.29) is 29.8 Å². The summed E-state index contributed by atoms with van der Waals surface area (Å²) in [6, 6.07) is 7.39. The molecule has 0 aromatic heterocycles. The molecule has 3 nitrogen and oxygen atoms in total. The fourth-order valence-electron chi connectivity index (χ4n) is 2.00. The molecule has 0 saturated heterocycles. The van der Waals surface area contributed by atoms with Gasteiger partial charge in [-0.2, -0.15) is 0 Å². The van der Waals surface area contributed by atoms with Gasteiger partial charge in [-0.05, 0) is 11.5 Å². The van der Waals surface area contributed by atoms with Crippen LogP contribution in [0.25, 0.3) is 0 Å². The second-order valence-corrected chi connectivity index (χ2v) is 5.98. The minimum atomic E-state index is -0.0677. The lowest BCUT2D eigenvalue weighted by Crippen LogP contribution is -2.17. The van der Waals surface area contributed by atoms with Gasteiger partial charge >= 0.3 is 0 Å². The molecule has 1 aromatic rings. The van der Waals surface area contributed by atoms with E-state index in [0.717, 1.165) is 5.56 Å². The number of rotatable bonds is 6. The Morgan fingerprint density at radius 1 is 1.11 bits per heavy atom. The van der Waals surface area contributed by atoms with Gasteiger partial charge in [0.2, 0.25) is 0 Å². The van der Waals surface area contributed by atoms with Crippen molar-refractivity contribution in [1.29, 1.82) is 0 Å². The first-order chi connectivity index (χ1) is 8.81. The predicted octanol–water partition coefficient (Wildman–Crippen LogP) is 3.20. The van der Waals surface area contributed by atoms with Crippen LogP contribution < -0.4 is 4.74 Å². The molecule has 0 fully saturated rings. The number of carbonyl (C=O) groups excluding carboxylic acids is 2. The van der Waals surface area contributed by atoms with Gasteiger partial charge in [-0.25, -0.2) is 0 Å². The first-order valence-electron chi connectivity index (χ1n) is 6.47. The van der Waals surface area contributed by atoms with E-state index in [1.807, 2.05) is 45.0 Å². The number of carbonyl (C=O) groups is 2. The Hall–Kier alpha value is -1.64. The van der Waals surface area contributed by atoms with E-state index in [9.17, 15) is 9.59 Å². The zero-order valence-electron chi connectivity index (χ0n) is 12.2. The summed E-state index contributed by atoms with van der Waals surface area (Å²) in [6.07, 6.45) is 0.694. The van der Waals surface area contributed by atoms with Crippen molar-refractivity contribution in [3.63, 3.8) is 0 Å². The number of ether oxygens (including phenoxy) is 1. The highest BCUT2D eigenvalue weighted by molar-refractivity contribution is 6.00. The summed E-state index contributed by atoms with van der Waals surface area (Å²) in [5.41, 5.74) is 0.764. The SMILES string of the molecule is COc1ccccc1CC(=O)CC(=O)CC(C)(C)C. The molecular formula is C16H22O3. The summed E-state index contributed by atoms with van der Waals surface area (Å²) < 4.78 is 5.19. The third kappa shape index (κ3) is 5.69. The van der Waals surface area contributed by atoms with E-state index in [1.54, 1.807) is 7.11 Å². The molecule has 0 bridgehead atoms. The van der Waals surface area contributed by atoms with E-state index in [4.69, 9.17) is 4.74 Å². The van der Waals surface area contributed by atoms with Crippen LogP contribution in [0, 0.1) is 5.41 Å². The normalized spacial score (nSPS) is 11.2. The standard InChI is InChI=1S/C16H22O3/c1-16(2,3)11-14(18)10-13(17)9-12-7-5-6-8-15(12)19-4/h5-8H,9-11H2,1-4H3. The maximum Gasteiger partial charge on any atom is 0.144 e. The lowest BCUT2D eigenvalue weighted by molar-refractivity contribution is -0.127. The molecule has 1 aromatic carbocycles. The van der Waals surface area contributed by atoms with E-state index in [0.29, 0.717) is 12.2 Å². The Bertz CT molecular complexity index is 455. The molecular weight excluding hydrogens is 240 g/mol. The van der Waals surface area contributed by atoms with Crippen LogP contribution in [-0.2, 0) is 16.0 Å². The maximum absolute atomic E-state index is 11.9. The molecule has 0 aliphatic carbocycles. The molecule has 104 valence electrons. The largest absolute Gasteiger partial charge is 0.496 e. The Labute approximate surface area is 115 Å². The molecule has 0 aliphatic heterocycles. The molecule has 0 heterocycles. The maximum atomic E-state index is 11.9. The monoisotopic (exact) mass is 262 g/mol. The van der Waals surface area contributed by atoms with Crippen molar-refractivity contribution < 1.29 is 14.3 Å². The van der Waals surface area contributed by atoms with Gasteiger partial charge < -0.3 is 4.74 Å². The Morgan fingerprint density at radius 2 is 1.74 bits per heavy atom. The van der Waals surface area contributed by atoms with Crippen LogP contribution in [0.5, 0.6) is 5.75 Å². The number of para-hydroxylation sites is 1.